The van der Waals surface area contributed by atoms with Gasteiger partial charge in [0.2, 0.25) is 0 Å². The Morgan fingerprint density at radius 2 is 1.35 bits per heavy atom. The molecule has 0 heterocycles. The number of benzene rings is 1. The summed E-state index contributed by atoms with van der Waals surface area (Å²) in [4.78, 5) is 28.3. The van der Waals surface area contributed by atoms with E-state index in [1.165, 1.54) is 5.57 Å². The first kappa shape index (κ1) is 29.8. The summed E-state index contributed by atoms with van der Waals surface area (Å²) in [5.74, 6) is -1.65. The number of rotatable bonds is 10. The Labute approximate surface area is 222 Å². The summed E-state index contributed by atoms with van der Waals surface area (Å²) in [5, 5.41) is 22.4. The van der Waals surface area contributed by atoms with E-state index in [0.717, 1.165) is 29.6 Å². The molecule has 1 aliphatic carbocycles. The average molecular weight is 503 g/mol. The van der Waals surface area contributed by atoms with E-state index in [2.05, 4.69) is 19.9 Å². The molecule has 1 aromatic rings. The standard InChI is InChI=1S/C33H42O4/c1-22(2)12-11-13-25(7)19-21-33(20-18-24(5)6)31(36)27(17-16-23(3)4)30(35)28(32(33)37)29(34)26-14-9-8-10-15-26/h8-10,12,14-16,18-19,34-35H,11,13,17,20-21H2,1-7H3/b25-19+,29-28?/t33-/m0/s1. The zero-order valence-electron chi connectivity index (χ0n) is 23.4. The summed E-state index contributed by atoms with van der Waals surface area (Å²) in [5.41, 5.74) is 3.29. The Bertz CT molecular complexity index is 1190. The Balaban J connectivity index is 2.75. The van der Waals surface area contributed by atoms with Gasteiger partial charge in [0.25, 0.3) is 0 Å². The fourth-order valence-electron chi connectivity index (χ4n) is 4.32. The van der Waals surface area contributed by atoms with Crippen LogP contribution in [0, 0.1) is 5.41 Å². The first-order valence-corrected chi connectivity index (χ1v) is 13.0. The molecular weight excluding hydrogens is 460 g/mol. The van der Waals surface area contributed by atoms with Gasteiger partial charge in [0.1, 0.15) is 22.5 Å². The number of ketones is 2. The van der Waals surface area contributed by atoms with Crippen molar-refractivity contribution < 1.29 is 19.8 Å². The summed E-state index contributed by atoms with van der Waals surface area (Å²) in [6, 6.07) is 8.68. The monoisotopic (exact) mass is 502 g/mol. The molecule has 0 spiro atoms. The van der Waals surface area contributed by atoms with Crippen LogP contribution in [-0.2, 0) is 9.59 Å². The predicted molar refractivity (Wildman–Crippen MR) is 153 cm³/mol. The van der Waals surface area contributed by atoms with Gasteiger partial charge in [-0.2, -0.15) is 0 Å². The molecule has 0 saturated heterocycles. The average Bonchev–Trinajstić information content (AvgIpc) is 2.83. The van der Waals surface area contributed by atoms with Crippen LogP contribution in [-0.4, -0.2) is 21.8 Å². The fourth-order valence-corrected chi connectivity index (χ4v) is 4.32. The molecule has 2 N–H and O–H groups in total. The number of aliphatic hydroxyl groups excluding tert-OH is 2. The number of hydrogen-bond acceptors (Lipinski definition) is 4. The molecule has 0 fully saturated rings. The zero-order chi connectivity index (χ0) is 27.8. The van der Waals surface area contributed by atoms with E-state index in [9.17, 15) is 19.8 Å². The highest BCUT2D eigenvalue weighted by Gasteiger charge is 2.52. The molecule has 4 heteroatoms. The summed E-state index contributed by atoms with van der Waals surface area (Å²) < 4.78 is 0. The lowest BCUT2D eigenvalue weighted by atomic mass is 9.64. The highest BCUT2D eigenvalue weighted by atomic mass is 16.3. The van der Waals surface area contributed by atoms with Crippen molar-refractivity contribution in [1.82, 2.24) is 0 Å². The minimum Gasteiger partial charge on any atom is -0.507 e. The van der Waals surface area contributed by atoms with E-state index in [1.54, 1.807) is 24.3 Å². The van der Waals surface area contributed by atoms with Crippen molar-refractivity contribution in [3.8, 4) is 0 Å². The van der Waals surface area contributed by atoms with Gasteiger partial charge in [-0.25, -0.2) is 0 Å². The minimum absolute atomic E-state index is 0.163. The summed E-state index contributed by atoms with van der Waals surface area (Å²) >= 11 is 0. The molecule has 0 bridgehead atoms. The Kier molecular flexibility index (Phi) is 10.7. The van der Waals surface area contributed by atoms with Crippen LogP contribution in [0.25, 0.3) is 5.76 Å². The molecule has 1 atom stereocenters. The van der Waals surface area contributed by atoms with Crippen molar-refractivity contribution in [3.05, 3.63) is 99.4 Å². The van der Waals surface area contributed by atoms with Gasteiger partial charge in [-0.3, -0.25) is 9.59 Å². The number of carbonyl (C=O) groups excluding carboxylic acids is 2. The van der Waals surface area contributed by atoms with E-state index >= 15 is 0 Å². The molecule has 1 aliphatic rings. The quantitative estimate of drug-likeness (QED) is 0.145. The van der Waals surface area contributed by atoms with Crippen LogP contribution < -0.4 is 0 Å². The third-order valence-electron chi connectivity index (χ3n) is 6.64. The van der Waals surface area contributed by atoms with Gasteiger partial charge in [0.15, 0.2) is 11.6 Å². The molecule has 1 aromatic carbocycles. The lowest BCUT2D eigenvalue weighted by Crippen LogP contribution is -2.45. The van der Waals surface area contributed by atoms with E-state index in [-0.39, 0.29) is 42.0 Å². The summed E-state index contributed by atoms with van der Waals surface area (Å²) in [6.45, 7) is 13.8. The van der Waals surface area contributed by atoms with Crippen LogP contribution in [0.1, 0.15) is 86.1 Å². The van der Waals surface area contributed by atoms with Crippen molar-refractivity contribution in [2.45, 2.75) is 80.6 Å². The van der Waals surface area contributed by atoms with Gasteiger partial charge in [-0.1, -0.05) is 76.9 Å². The second kappa shape index (κ2) is 13.2. The number of carbonyl (C=O) groups is 2. The first-order chi connectivity index (χ1) is 17.4. The van der Waals surface area contributed by atoms with Crippen LogP contribution in [0.15, 0.2) is 93.8 Å². The van der Waals surface area contributed by atoms with E-state index in [4.69, 9.17) is 0 Å². The first-order valence-electron chi connectivity index (χ1n) is 13.0. The lowest BCUT2D eigenvalue weighted by Gasteiger charge is -2.35. The molecule has 0 saturated carbocycles. The van der Waals surface area contributed by atoms with E-state index in [0.29, 0.717) is 5.56 Å². The fraction of sp³-hybridized carbons (Fsp3) is 0.394. The van der Waals surface area contributed by atoms with Crippen LogP contribution in [0.4, 0.5) is 0 Å². The largest absolute Gasteiger partial charge is 0.507 e. The third kappa shape index (κ3) is 7.55. The molecule has 198 valence electrons. The van der Waals surface area contributed by atoms with Gasteiger partial charge in [0, 0.05) is 11.1 Å². The highest BCUT2D eigenvalue weighted by Crippen LogP contribution is 2.45. The molecule has 0 unspecified atom stereocenters. The minimum atomic E-state index is -1.44. The Hall–Kier alpha value is -3.40. The van der Waals surface area contributed by atoms with Crippen LogP contribution >= 0.6 is 0 Å². The van der Waals surface area contributed by atoms with Crippen molar-refractivity contribution in [2.75, 3.05) is 0 Å². The van der Waals surface area contributed by atoms with Crippen LogP contribution in [0.5, 0.6) is 0 Å². The second-order valence-corrected chi connectivity index (χ2v) is 10.7. The molecule has 0 aliphatic heterocycles. The predicted octanol–water partition coefficient (Wildman–Crippen LogP) is 8.70. The molecular formula is C33H42O4. The van der Waals surface area contributed by atoms with Crippen LogP contribution in [0.2, 0.25) is 0 Å². The lowest BCUT2D eigenvalue weighted by molar-refractivity contribution is -0.137. The molecule has 37 heavy (non-hydrogen) atoms. The smallest absolute Gasteiger partial charge is 0.184 e. The van der Waals surface area contributed by atoms with Gasteiger partial charge in [-0.05, 0) is 80.6 Å². The molecule has 0 radical (unpaired) electrons. The van der Waals surface area contributed by atoms with Crippen molar-refractivity contribution >= 4 is 17.3 Å². The molecule has 0 amide bonds. The van der Waals surface area contributed by atoms with Gasteiger partial charge < -0.3 is 10.2 Å². The topological polar surface area (TPSA) is 74.6 Å². The number of aliphatic hydroxyl groups is 2. The summed E-state index contributed by atoms with van der Waals surface area (Å²) in [7, 11) is 0. The van der Waals surface area contributed by atoms with E-state index in [1.807, 2.05) is 58.9 Å². The van der Waals surface area contributed by atoms with Crippen LogP contribution in [0.3, 0.4) is 0 Å². The number of allylic oxidation sites excluding steroid dienone is 10. The van der Waals surface area contributed by atoms with Crippen molar-refractivity contribution in [3.63, 3.8) is 0 Å². The number of Topliss-reactive ketones (excluding diaryl/α,β-unsaturated/α-hetero) is 2. The second-order valence-electron chi connectivity index (χ2n) is 10.7. The van der Waals surface area contributed by atoms with Crippen molar-refractivity contribution in [2.24, 2.45) is 5.41 Å². The maximum Gasteiger partial charge on any atom is 0.184 e. The maximum absolute atomic E-state index is 14.2. The Morgan fingerprint density at radius 3 is 1.92 bits per heavy atom. The normalized spacial score (nSPS) is 19.5. The number of hydrogen-bond donors (Lipinski definition) is 2. The molecule has 0 aromatic heterocycles. The van der Waals surface area contributed by atoms with Gasteiger partial charge in [0.05, 0.1) is 0 Å². The highest BCUT2D eigenvalue weighted by molar-refractivity contribution is 6.26. The van der Waals surface area contributed by atoms with Crippen molar-refractivity contribution in [1.29, 1.82) is 0 Å². The summed E-state index contributed by atoms with van der Waals surface area (Å²) in [6.07, 6.45) is 10.2. The van der Waals surface area contributed by atoms with Gasteiger partial charge >= 0.3 is 0 Å². The maximum atomic E-state index is 14.2. The molecule has 4 nitrogen and oxygen atoms in total. The molecule has 2 rings (SSSR count). The Morgan fingerprint density at radius 1 is 0.784 bits per heavy atom. The van der Waals surface area contributed by atoms with E-state index < -0.39 is 17.0 Å². The zero-order valence-corrected chi connectivity index (χ0v) is 23.4. The third-order valence-corrected chi connectivity index (χ3v) is 6.64. The van der Waals surface area contributed by atoms with Gasteiger partial charge in [-0.15, -0.1) is 0 Å². The SMILES string of the molecule is CC(C)=CCC/C(C)=C/C[C@@]1(CC=C(C)C)C(=O)C(CC=C(C)C)=C(O)C(=C(O)c2ccccc2)C1=O.